The Kier molecular flexibility index (Phi) is 5.95. The number of carbonyl (C=O) groups is 2. The van der Waals surface area contributed by atoms with Gasteiger partial charge in [-0.15, -0.1) is 0 Å². The van der Waals surface area contributed by atoms with Crippen molar-refractivity contribution in [2.75, 3.05) is 19.0 Å². The summed E-state index contributed by atoms with van der Waals surface area (Å²) in [4.78, 5) is 25.2. The highest BCUT2D eigenvalue weighted by molar-refractivity contribution is 5.92. The molecule has 0 spiro atoms. The lowest BCUT2D eigenvalue weighted by molar-refractivity contribution is -0.121. The van der Waals surface area contributed by atoms with Gasteiger partial charge in [0.05, 0.1) is 0 Å². The van der Waals surface area contributed by atoms with Crippen molar-refractivity contribution in [3.05, 3.63) is 65.2 Å². The van der Waals surface area contributed by atoms with Gasteiger partial charge in [-0.3, -0.25) is 9.59 Å². The number of rotatable bonds is 7. The molecule has 0 fully saturated rings. The molecule has 0 aliphatic heterocycles. The first kappa shape index (κ1) is 17.5. The zero-order valence-corrected chi connectivity index (χ0v) is 14.1. The van der Waals surface area contributed by atoms with Crippen molar-refractivity contribution in [2.45, 2.75) is 19.4 Å². The zero-order chi connectivity index (χ0) is 17.5. The highest BCUT2D eigenvalue weighted by atomic mass is 16.1. The third kappa shape index (κ3) is 5.12. The van der Waals surface area contributed by atoms with Crippen molar-refractivity contribution < 1.29 is 9.59 Å². The highest BCUT2D eigenvalue weighted by Gasteiger charge is 2.05. The van der Waals surface area contributed by atoms with E-state index in [1.165, 1.54) is 0 Å². The highest BCUT2D eigenvalue weighted by Crippen LogP contribution is 2.13. The van der Waals surface area contributed by atoms with Crippen LogP contribution in [0.4, 0.5) is 5.69 Å². The van der Waals surface area contributed by atoms with E-state index in [9.17, 15) is 9.59 Å². The molecule has 0 radical (unpaired) electrons. The number of anilines is 1. The van der Waals surface area contributed by atoms with E-state index in [-0.39, 0.29) is 5.91 Å². The summed E-state index contributed by atoms with van der Waals surface area (Å²) in [7, 11) is 3.99. The van der Waals surface area contributed by atoms with Gasteiger partial charge >= 0.3 is 0 Å². The number of nitrogens with zero attached hydrogens (tertiary/aromatic N) is 1. The monoisotopic (exact) mass is 325 g/mol. The first-order chi connectivity index (χ1) is 11.5. The summed E-state index contributed by atoms with van der Waals surface area (Å²) in [5.74, 6) is -0.486. The minimum atomic E-state index is -0.468. The fourth-order valence-electron chi connectivity index (χ4n) is 2.34. The number of amides is 2. The number of hydrogen-bond donors (Lipinski definition) is 2. The van der Waals surface area contributed by atoms with Gasteiger partial charge in [-0.05, 0) is 41.8 Å². The van der Waals surface area contributed by atoms with Crippen LogP contribution in [0.25, 0.3) is 0 Å². The minimum absolute atomic E-state index is 0.0174. The van der Waals surface area contributed by atoms with Crippen LogP contribution in [0.5, 0.6) is 0 Å². The number of aryl methyl sites for hydroxylation is 1. The van der Waals surface area contributed by atoms with E-state index in [1.54, 1.807) is 18.2 Å². The fourth-order valence-corrected chi connectivity index (χ4v) is 2.34. The van der Waals surface area contributed by atoms with Gasteiger partial charge < -0.3 is 16.0 Å². The summed E-state index contributed by atoms with van der Waals surface area (Å²) in [6.45, 7) is 0.388. The van der Waals surface area contributed by atoms with E-state index >= 15 is 0 Å². The number of hydrogen-bond acceptors (Lipinski definition) is 3. The Hall–Kier alpha value is -2.82. The molecule has 0 aromatic heterocycles. The van der Waals surface area contributed by atoms with Crippen molar-refractivity contribution in [1.82, 2.24) is 5.32 Å². The molecule has 0 bridgehead atoms. The summed E-state index contributed by atoms with van der Waals surface area (Å²) in [6, 6.07) is 15.1. The molecule has 0 aliphatic rings. The molecule has 0 heterocycles. The molecule has 2 aromatic carbocycles. The number of nitrogens with one attached hydrogen (secondary N) is 1. The molecule has 3 N–H and O–H groups in total. The SMILES string of the molecule is CN(C)c1ccc(CCC(=O)NCc2cccc(C(N)=O)c2)cc1. The molecule has 0 aliphatic carbocycles. The number of primary amides is 1. The molecule has 5 heteroatoms. The average Bonchev–Trinajstić information content (AvgIpc) is 2.58. The second kappa shape index (κ2) is 8.15. The molecule has 0 unspecified atom stereocenters. The Labute approximate surface area is 142 Å². The Balaban J connectivity index is 1.81. The van der Waals surface area contributed by atoms with Gasteiger partial charge in [0.25, 0.3) is 0 Å². The second-order valence-corrected chi connectivity index (χ2v) is 5.90. The summed E-state index contributed by atoms with van der Waals surface area (Å²) >= 11 is 0. The summed E-state index contributed by atoms with van der Waals surface area (Å²) in [6.07, 6.45) is 1.12. The lowest BCUT2D eigenvalue weighted by atomic mass is 10.1. The van der Waals surface area contributed by atoms with Gasteiger partial charge in [-0.2, -0.15) is 0 Å². The number of carbonyl (C=O) groups excluding carboxylic acids is 2. The molecule has 0 saturated carbocycles. The van der Waals surface area contributed by atoms with Gasteiger partial charge in [0, 0.05) is 38.3 Å². The molecule has 5 nitrogen and oxygen atoms in total. The van der Waals surface area contributed by atoms with E-state index in [1.807, 2.05) is 49.3 Å². The zero-order valence-electron chi connectivity index (χ0n) is 14.1. The minimum Gasteiger partial charge on any atom is -0.378 e. The van der Waals surface area contributed by atoms with Gasteiger partial charge in [0.2, 0.25) is 11.8 Å². The van der Waals surface area contributed by atoms with Crippen molar-refractivity contribution in [3.63, 3.8) is 0 Å². The third-order valence-electron chi connectivity index (χ3n) is 3.79. The van der Waals surface area contributed by atoms with Gasteiger partial charge in [-0.1, -0.05) is 24.3 Å². The molecular weight excluding hydrogens is 302 g/mol. The van der Waals surface area contributed by atoms with E-state index in [4.69, 9.17) is 5.73 Å². The summed E-state index contributed by atoms with van der Waals surface area (Å²) in [5, 5.41) is 2.87. The van der Waals surface area contributed by atoms with Crippen molar-refractivity contribution in [1.29, 1.82) is 0 Å². The summed E-state index contributed by atoms with van der Waals surface area (Å²) in [5.41, 5.74) is 8.82. The van der Waals surface area contributed by atoms with E-state index in [0.717, 1.165) is 16.8 Å². The quantitative estimate of drug-likeness (QED) is 0.818. The normalized spacial score (nSPS) is 10.2. The Morgan fingerprint density at radius 3 is 2.38 bits per heavy atom. The molecule has 2 rings (SSSR count). The first-order valence-corrected chi connectivity index (χ1v) is 7.87. The third-order valence-corrected chi connectivity index (χ3v) is 3.79. The van der Waals surface area contributed by atoms with Crippen LogP contribution in [-0.2, 0) is 17.8 Å². The predicted octanol–water partition coefficient (Wildman–Crippen LogP) is 2.10. The van der Waals surface area contributed by atoms with Crippen LogP contribution in [0.3, 0.4) is 0 Å². The van der Waals surface area contributed by atoms with E-state index in [0.29, 0.717) is 24.9 Å². The standard InChI is InChI=1S/C19H23N3O2/c1-22(2)17-9-6-14(7-10-17)8-11-18(23)21-13-15-4-3-5-16(12-15)19(20)24/h3-7,9-10,12H,8,11,13H2,1-2H3,(H2,20,24)(H,21,23). The van der Waals surface area contributed by atoms with Crippen LogP contribution in [-0.4, -0.2) is 25.9 Å². The van der Waals surface area contributed by atoms with Crippen LogP contribution < -0.4 is 16.0 Å². The van der Waals surface area contributed by atoms with Crippen molar-refractivity contribution in [2.24, 2.45) is 5.73 Å². The molecule has 0 atom stereocenters. The van der Waals surface area contributed by atoms with Gasteiger partial charge in [0.15, 0.2) is 0 Å². The Bertz CT molecular complexity index is 709. The van der Waals surface area contributed by atoms with Gasteiger partial charge in [-0.25, -0.2) is 0 Å². The lowest BCUT2D eigenvalue weighted by Gasteiger charge is -2.12. The second-order valence-electron chi connectivity index (χ2n) is 5.90. The van der Waals surface area contributed by atoms with Crippen LogP contribution >= 0.6 is 0 Å². The largest absolute Gasteiger partial charge is 0.378 e. The van der Waals surface area contributed by atoms with Crippen molar-refractivity contribution in [3.8, 4) is 0 Å². The topological polar surface area (TPSA) is 75.4 Å². The van der Waals surface area contributed by atoms with Crippen molar-refractivity contribution >= 4 is 17.5 Å². The maximum Gasteiger partial charge on any atom is 0.248 e. The molecule has 24 heavy (non-hydrogen) atoms. The number of nitrogens with two attached hydrogens (primary N) is 1. The lowest BCUT2D eigenvalue weighted by Crippen LogP contribution is -2.23. The van der Waals surface area contributed by atoms with Crippen LogP contribution in [0.1, 0.15) is 27.9 Å². The maximum absolute atomic E-state index is 12.0. The Morgan fingerprint density at radius 2 is 1.75 bits per heavy atom. The Morgan fingerprint density at radius 1 is 1.04 bits per heavy atom. The molecular formula is C19H23N3O2. The fraction of sp³-hybridized carbons (Fsp3) is 0.263. The van der Waals surface area contributed by atoms with E-state index < -0.39 is 5.91 Å². The van der Waals surface area contributed by atoms with E-state index in [2.05, 4.69) is 5.32 Å². The maximum atomic E-state index is 12.0. The van der Waals surface area contributed by atoms with Crippen LogP contribution in [0, 0.1) is 0 Å². The summed E-state index contributed by atoms with van der Waals surface area (Å²) < 4.78 is 0. The molecule has 2 aromatic rings. The predicted molar refractivity (Wildman–Crippen MR) is 95.9 cm³/mol. The molecule has 2 amide bonds. The average molecular weight is 325 g/mol. The van der Waals surface area contributed by atoms with Crippen LogP contribution in [0.15, 0.2) is 48.5 Å². The van der Waals surface area contributed by atoms with Gasteiger partial charge in [0.1, 0.15) is 0 Å². The smallest absolute Gasteiger partial charge is 0.248 e. The van der Waals surface area contributed by atoms with Crippen LogP contribution in [0.2, 0.25) is 0 Å². The molecule has 0 saturated heterocycles. The molecule has 126 valence electrons. The number of benzene rings is 2. The first-order valence-electron chi connectivity index (χ1n) is 7.87.